The van der Waals surface area contributed by atoms with Crippen molar-refractivity contribution in [3.8, 4) is 0 Å². The van der Waals surface area contributed by atoms with Crippen molar-refractivity contribution < 1.29 is 9.72 Å². The van der Waals surface area contributed by atoms with E-state index < -0.39 is 4.92 Å². The molecule has 5 rings (SSSR count). The van der Waals surface area contributed by atoms with Crippen LogP contribution in [0.25, 0.3) is 11.0 Å². The van der Waals surface area contributed by atoms with Crippen molar-refractivity contribution >= 4 is 22.6 Å². The quantitative estimate of drug-likeness (QED) is 0.413. The first-order valence-electron chi connectivity index (χ1n) is 12.4. The van der Waals surface area contributed by atoms with Crippen LogP contribution in [0.4, 0.5) is 5.69 Å². The number of likely N-dealkylation sites (tertiary alicyclic amines) is 1. The topological polar surface area (TPSA) is 113 Å². The molecule has 2 aromatic carbocycles. The first-order chi connectivity index (χ1) is 17.0. The number of imidazole rings is 1. The van der Waals surface area contributed by atoms with Crippen LogP contribution in [0.2, 0.25) is 0 Å². The van der Waals surface area contributed by atoms with Crippen molar-refractivity contribution in [1.82, 2.24) is 19.8 Å². The number of para-hydroxylation sites is 2. The van der Waals surface area contributed by atoms with E-state index in [-0.39, 0.29) is 29.4 Å². The third kappa shape index (κ3) is 5.14. The molecule has 1 saturated carbocycles. The summed E-state index contributed by atoms with van der Waals surface area (Å²) in [6.45, 7) is 3.05. The smallest absolute Gasteiger partial charge is 0.326 e. The highest BCUT2D eigenvalue weighted by Gasteiger charge is 2.28. The zero-order valence-corrected chi connectivity index (χ0v) is 19.7. The molecule has 9 nitrogen and oxygen atoms in total. The molecule has 2 N–H and O–H groups in total. The van der Waals surface area contributed by atoms with Crippen molar-refractivity contribution in [3.05, 3.63) is 74.7 Å². The number of nitrogens with one attached hydrogen (secondary N) is 2. The van der Waals surface area contributed by atoms with Crippen LogP contribution < -0.4 is 11.0 Å². The van der Waals surface area contributed by atoms with Crippen molar-refractivity contribution in [3.63, 3.8) is 0 Å². The Kier molecular flexibility index (Phi) is 6.68. The number of fused-ring (bicyclic) bond motifs is 1. The van der Waals surface area contributed by atoms with E-state index in [4.69, 9.17) is 0 Å². The van der Waals surface area contributed by atoms with E-state index in [0.29, 0.717) is 11.5 Å². The van der Waals surface area contributed by atoms with Crippen molar-refractivity contribution in [2.45, 2.75) is 50.6 Å². The minimum atomic E-state index is -0.465. The number of amides is 1. The van der Waals surface area contributed by atoms with E-state index in [1.165, 1.54) is 24.3 Å². The van der Waals surface area contributed by atoms with Crippen LogP contribution in [0, 0.1) is 16.0 Å². The number of nitro benzene ring substituents is 1. The molecular weight excluding hydrogens is 446 g/mol. The van der Waals surface area contributed by atoms with Crippen molar-refractivity contribution in [2.75, 3.05) is 19.6 Å². The van der Waals surface area contributed by atoms with Crippen LogP contribution in [-0.4, -0.2) is 51.0 Å². The van der Waals surface area contributed by atoms with E-state index in [1.807, 2.05) is 28.8 Å². The van der Waals surface area contributed by atoms with Gasteiger partial charge in [0.2, 0.25) is 0 Å². The number of benzene rings is 2. The maximum absolute atomic E-state index is 12.5. The SMILES string of the molecule is O=C(NC1CCC(CN2CCC(n3c(=O)[nH]c4ccccc43)CC2)CC1)c1ccc([N+](=O)[O-])cc1. The fourth-order valence-corrected chi connectivity index (χ4v) is 5.65. The third-order valence-electron chi connectivity index (χ3n) is 7.58. The molecule has 2 fully saturated rings. The van der Waals surface area contributed by atoms with Crippen molar-refractivity contribution in [2.24, 2.45) is 5.92 Å². The van der Waals surface area contributed by atoms with Gasteiger partial charge in [0.05, 0.1) is 16.0 Å². The van der Waals surface area contributed by atoms with Gasteiger partial charge in [-0.05, 0) is 68.7 Å². The van der Waals surface area contributed by atoms with E-state index in [9.17, 15) is 19.7 Å². The summed E-state index contributed by atoms with van der Waals surface area (Å²) in [5.41, 5.74) is 2.32. The summed E-state index contributed by atoms with van der Waals surface area (Å²) in [4.78, 5) is 40.8. The fourth-order valence-electron chi connectivity index (χ4n) is 5.65. The molecule has 3 aromatic rings. The van der Waals surface area contributed by atoms with E-state index in [2.05, 4.69) is 15.2 Å². The average molecular weight is 478 g/mol. The van der Waals surface area contributed by atoms with E-state index >= 15 is 0 Å². The molecule has 2 heterocycles. The van der Waals surface area contributed by atoms with Gasteiger partial charge in [0.1, 0.15) is 0 Å². The second-order valence-electron chi connectivity index (χ2n) is 9.84. The first kappa shape index (κ1) is 23.3. The van der Waals surface area contributed by atoms with Crippen LogP contribution >= 0.6 is 0 Å². The van der Waals surface area contributed by atoms with Crippen molar-refractivity contribution in [1.29, 1.82) is 0 Å². The molecule has 35 heavy (non-hydrogen) atoms. The Hall–Kier alpha value is -3.46. The molecule has 0 spiro atoms. The monoisotopic (exact) mass is 477 g/mol. The Bertz CT molecular complexity index is 1250. The molecule has 1 saturated heterocycles. The van der Waals surface area contributed by atoms with Crippen LogP contribution in [0.1, 0.15) is 54.9 Å². The number of hydrogen-bond donors (Lipinski definition) is 2. The highest BCUT2D eigenvalue weighted by Crippen LogP contribution is 2.29. The number of hydrogen-bond acceptors (Lipinski definition) is 5. The zero-order chi connectivity index (χ0) is 24.4. The number of nitro groups is 1. The summed E-state index contributed by atoms with van der Waals surface area (Å²) in [5, 5.41) is 13.9. The average Bonchev–Trinajstić information content (AvgIpc) is 3.21. The Morgan fingerprint density at radius 1 is 1.00 bits per heavy atom. The summed E-state index contributed by atoms with van der Waals surface area (Å²) >= 11 is 0. The maximum Gasteiger partial charge on any atom is 0.326 e. The molecule has 0 radical (unpaired) electrons. The van der Waals surface area contributed by atoms with Gasteiger partial charge in [-0.3, -0.25) is 19.5 Å². The maximum atomic E-state index is 12.5. The largest absolute Gasteiger partial charge is 0.349 e. The molecule has 1 aromatic heterocycles. The van der Waals surface area contributed by atoms with Crippen LogP contribution in [0.15, 0.2) is 53.3 Å². The summed E-state index contributed by atoms with van der Waals surface area (Å²) in [6, 6.07) is 14.0. The standard InChI is InChI=1S/C26H31N5O4/c32-25(19-7-11-22(12-8-19)31(34)35)27-20-9-5-18(6-10-20)17-29-15-13-21(14-16-29)30-24-4-2-1-3-23(24)28-26(30)33/h1-4,7-8,11-12,18,20-21H,5-6,9-10,13-17H2,(H,27,32)(H,28,33). The van der Waals surface area contributed by atoms with Gasteiger partial charge in [0.15, 0.2) is 0 Å². The number of non-ortho nitro benzene ring substituents is 1. The summed E-state index contributed by atoms with van der Waals surface area (Å²) in [7, 11) is 0. The lowest BCUT2D eigenvalue weighted by Crippen LogP contribution is -2.42. The number of carbonyl (C=O) groups is 1. The van der Waals surface area contributed by atoms with Gasteiger partial charge in [-0.2, -0.15) is 0 Å². The second kappa shape index (κ2) is 10.0. The highest BCUT2D eigenvalue weighted by molar-refractivity contribution is 5.94. The predicted molar refractivity (Wildman–Crippen MR) is 134 cm³/mol. The number of H-pyrrole nitrogens is 1. The number of aromatic nitrogens is 2. The van der Waals surface area contributed by atoms with Gasteiger partial charge in [-0.1, -0.05) is 12.1 Å². The Morgan fingerprint density at radius 3 is 2.37 bits per heavy atom. The summed E-state index contributed by atoms with van der Waals surface area (Å²) in [5.74, 6) is 0.452. The lowest BCUT2D eigenvalue weighted by molar-refractivity contribution is -0.384. The van der Waals surface area contributed by atoms with Gasteiger partial charge in [0.25, 0.3) is 11.6 Å². The Morgan fingerprint density at radius 2 is 1.69 bits per heavy atom. The van der Waals surface area contributed by atoms with Gasteiger partial charge < -0.3 is 15.2 Å². The number of aromatic amines is 1. The van der Waals surface area contributed by atoms with Gasteiger partial charge >= 0.3 is 5.69 Å². The predicted octanol–water partition coefficient (Wildman–Crippen LogP) is 3.86. The number of piperidine rings is 1. The van der Waals surface area contributed by atoms with Crippen LogP contribution in [0.5, 0.6) is 0 Å². The number of carbonyl (C=O) groups excluding carboxylic acids is 1. The molecule has 1 aliphatic heterocycles. The molecule has 0 atom stereocenters. The van der Waals surface area contributed by atoms with Gasteiger partial charge in [0, 0.05) is 49.4 Å². The Balaban J connectivity index is 1.07. The molecular formula is C26H31N5O4. The number of nitrogens with zero attached hydrogens (tertiary/aromatic N) is 3. The first-order valence-corrected chi connectivity index (χ1v) is 12.4. The zero-order valence-electron chi connectivity index (χ0n) is 19.7. The van der Waals surface area contributed by atoms with Gasteiger partial charge in [-0.25, -0.2) is 4.79 Å². The normalized spacial score (nSPS) is 21.7. The van der Waals surface area contributed by atoms with Gasteiger partial charge in [-0.15, -0.1) is 0 Å². The Labute approximate surface area is 203 Å². The molecule has 0 bridgehead atoms. The molecule has 0 unspecified atom stereocenters. The highest BCUT2D eigenvalue weighted by atomic mass is 16.6. The minimum Gasteiger partial charge on any atom is -0.349 e. The van der Waals surface area contributed by atoms with E-state index in [1.54, 1.807) is 0 Å². The molecule has 9 heteroatoms. The van der Waals surface area contributed by atoms with E-state index in [0.717, 1.165) is 69.2 Å². The fraction of sp³-hybridized carbons (Fsp3) is 0.462. The third-order valence-corrected chi connectivity index (χ3v) is 7.58. The molecule has 1 aliphatic carbocycles. The summed E-state index contributed by atoms with van der Waals surface area (Å²) < 4.78 is 1.94. The number of rotatable bonds is 6. The lowest BCUT2D eigenvalue weighted by Gasteiger charge is -2.37. The summed E-state index contributed by atoms with van der Waals surface area (Å²) in [6.07, 6.45) is 6.00. The lowest BCUT2D eigenvalue weighted by atomic mass is 9.85. The molecule has 2 aliphatic rings. The second-order valence-corrected chi connectivity index (χ2v) is 9.84. The minimum absolute atomic E-state index is 0.0143. The molecule has 1 amide bonds. The van der Waals surface area contributed by atoms with Crippen LogP contribution in [0.3, 0.4) is 0 Å². The van der Waals surface area contributed by atoms with Crippen LogP contribution in [-0.2, 0) is 0 Å². The molecule has 184 valence electrons.